The fourth-order valence-electron chi connectivity index (χ4n) is 3.62. The SMILES string of the molecule is CCCC(C)C(NCC)C1CCC(C)C(C)C1. The van der Waals surface area contributed by atoms with E-state index in [0.29, 0.717) is 0 Å². The highest BCUT2D eigenvalue weighted by Gasteiger charge is 2.31. The van der Waals surface area contributed by atoms with E-state index in [9.17, 15) is 0 Å². The Labute approximate surface area is 109 Å². The molecule has 0 saturated heterocycles. The highest BCUT2D eigenvalue weighted by molar-refractivity contribution is 4.86. The van der Waals surface area contributed by atoms with Gasteiger partial charge in [0.25, 0.3) is 0 Å². The molecular formula is C16H33N. The van der Waals surface area contributed by atoms with Gasteiger partial charge in [0, 0.05) is 6.04 Å². The Hall–Kier alpha value is -0.0400. The zero-order valence-electron chi connectivity index (χ0n) is 12.6. The first-order valence-electron chi connectivity index (χ1n) is 7.83. The fourth-order valence-corrected chi connectivity index (χ4v) is 3.62. The summed E-state index contributed by atoms with van der Waals surface area (Å²) in [6.07, 6.45) is 7.01. The summed E-state index contributed by atoms with van der Waals surface area (Å²) in [5.41, 5.74) is 0. The zero-order valence-corrected chi connectivity index (χ0v) is 12.6. The lowest BCUT2D eigenvalue weighted by Crippen LogP contribution is -2.43. The van der Waals surface area contributed by atoms with E-state index in [-0.39, 0.29) is 0 Å². The summed E-state index contributed by atoms with van der Waals surface area (Å²) < 4.78 is 0. The van der Waals surface area contributed by atoms with E-state index in [2.05, 4.69) is 39.9 Å². The minimum Gasteiger partial charge on any atom is -0.314 e. The second-order valence-corrected chi connectivity index (χ2v) is 6.38. The van der Waals surface area contributed by atoms with Crippen LogP contribution in [0.2, 0.25) is 0 Å². The summed E-state index contributed by atoms with van der Waals surface area (Å²) >= 11 is 0. The van der Waals surface area contributed by atoms with Crippen molar-refractivity contribution < 1.29 is 0 Å². The van der Waals surface area contributed by atoms with Crippen molar-refractivity contribution in [2.75, 3.05) is 6.54 Å². The standard InChI is InChI=1S/C16H33N/c1-6-8-13(4)16(17-7-2)15-10-9-12(3)14(5)11-15/h12-17H,6-11H2,1-5H3. The molecule has 0 heterocycles. The zero-order chi connectivity index (χ0) is 12.8. The van der Waals surface area contributed by atoms with Gasteiger partial charge in [-0.3, -0.25) is 0 Å². The predicted molar refractivity (Wildman–Crippen MR) is 77.2 cm³/mol. The van der Waals surface area contributed by atoms with Crippen molar-refractivity contribution in [3.8, 4) is 0 Å². The van der Waals surface area contributed by atoms with Crippen LogP contribution in [0, 0.1) is 23.7 Å². The molecule has 0 spiro atoms. The van der Waals surface area contributed by atoms with Gasteiger partial charge in [-0.1, -0.05) is 47.5 Å². The average molecular weight is 239 g/mol. The molecule has 1 aliphatic carbocycles. The first-order valence-corrected chi connectivity index (χ1v) is 7.83. The van der Waals surface area contributed by atoms with Gasteiger partial charge < -0.3 is 5.32 Å². The normalized spacial score (nSPS) is 33.4. The van der Waals surface area contributed by atoms with Crippen molar-refractivity contribution >= 4 is 0 Å². The fraction of sp³-hybridized carbons (Fsp3) is 1.00. The maximum atomic E-state index is 3.77. The lowest BCUT2D eigenvalue weighted by atomic mass is 9.70. The van der Waals surface area contributed by atoms with E-state index in [1.807, 2.05) is 0 Å². The molecule has 0 radical (unpaired) electrons. The summed E-state index contributed by atoms with van der Waals surface area (Å²) in [5, 5.41) is 3.77. The molecule has 5 atom stereocenters. The lowest BCUT2D eigenvalue weighted by molar-refractivity contribution is 0.143. The van der Waals surface area contributed by atoms with Gasteiger partial charge in [-0.25, -0.2) is 0 Å². The average Bonchev–Trinajstić information content (AvgIpc) is 2.30. The largest absolute Gasteiger partial charge is 0.314 e. The van der Waals surface area contributed by atoms with Crippen molar-refractivity contribution in [3.05, 3.63) is 0 Å². The maximum Gasteiger partial charge on any atom is 0.0121 e. The third-order valence-corrected chi connectivity index (χ3v) is 4.94. The van der Waals surface area contributed by atoms with E-state index in [1.165, 1.54) is 32.1 Å². The minimum atomic E-state index is 0.759. The topological polar surface area (TPSA) is 12.0 Å². The molecule has 1 nitrogen and oxygen atoms in total. The van der Waals surface area contributed by atoms with Crippen molar-refractivity contribution in [2.24, 2.45) is 23.7 Å². The molecule has 1 N–H and O–H groups in total. The Kier molecular flexibility index (Phi) is 6.54. The van der Waals surface area contributed by atoms with Gasteiger partial charge in [0.1, 0.15) is 0 Å². The molecule has 1 fully saturated rings. The molecule has 0 aromatic rings. The van der Waals surface area contributed by atoms with Crippen LogP contribution in [0.5, 0.6) is 0 Å². The second-order valence-electron chi connectivity index (χ2n) is 6.38. The van der Waals surface area contributed by atoms with Crippen LogP contribution in [-0.4, -0.2) is 12.6 Å². The molecule has 0 aliphatic heterocycles. The van der Waals surface area contributed by atoms with E-state index in [1.54, 1.807) is 0 Å². The number of hydrogen-bond acceptors (Lipinski definition) is 1. The molecule has 5 unspecified atom stereocenters. The molecule has 0 amide bonds. The molecular weight excluding hydrogens is 206 g/mol. The Morgan fingerprint density at radius 2 is 1.82 bits per heavy atom. The Morgan fingerprint density at radius 1 is 1.12 bits per heavy atom. The van der Waals surface area contributed by atoms with Crippen LogP contribution in [0.3, 0.4) is 0 Å². The smallest absolute Gasteiger partial charge is 0.0121 e. The van der Waals surface area contributed by atoms with E-state index in [0.717, 1.165) is 36.3 Å². The minimum absolute atomic E-state index is 0.759. The van der Waals surface area contributed by atoms with Crippen molar-refractivity contribution in [1.82, 2.24) is 5.32 Å². The summed E-state index contributed by atoms with van der Waals surface area (Å²) in [5.74, 6) is 3.62. The summed E-state index contributed by atoms with van der Waals surface area (Å²) in [7, 11) is 0. The molecule has 1 rings (SSSR count). The van der Waals surface area contributed by atoms with Crippen LogP contribution < -0.4 is 5.32 Å². The number of nitrogens with one attached hydrogen (secondary N) is 1. The molecule has 0 bridgehead atoms. The second kappa shape index (κ2) is 7.41. The summed E-state index contributed by atoms with van der Waals surface area (Å²) in [6.45, 7) is 13.0. The molecule has 102 valence electrons. The molecule has 0 aromatic heterocycles. The molecule has 17 heavy (non-hydrogen) atoms. The molecule has 0 aromatic carbocycles. The first-order chi connectivity index (χ1) is 8.10. The monoisotopic (exact) mass is 239 g/mol. The predicted octanol–water partition coefficient (Wildman–Crippen LogP) is 4.47. The van der Waals surface area contributed by atoms with Gasteiger partial charge in [0.05, 0.1) is 0 Å². The van der Waals surface area contributed by atoms with Crippen LogP contribution >= 0.6 is 0 Å². The highest BCUT2D eigenvalue weighted by atomic mass is 14.9. The summed E-state index contributed by atoms with van der Waals surface area (Å²) in [4.78, 5) is 0. The first kappa shape index (κ1) is 15.0. The van der Waals surface area contributed by atoms with Crippen LogP contribution in [-0.2, 0) is 0 Å². The van der Waals surface area contributed by atoms with Gasteiger partial charge in [-0.2, -0.15) is 0 Å². The molecule has 1 heteroatoms. The lowest BCUT2D eigenvalue weighted by Gasteiger charge is -2.39. The third kappa shape index (κ3) is 4.28. The quantitative estimate of drug-likeness (QED) is 0.721. The van der Waals surface area contributed by atoms with Gasteiger partial charge in [0.2, 0.25) is 0 Å². The Bertz CT molecular complexity index is 202. The number of rotatable bonds is 6. The van der Waals surface area contributed by atoms with Crippen molar-refractivity contribution in [1.29, 1.82) is 0 Å². The number of hydrogen-bond donors (Lipinski definition) is 1. The molecule has 1 aliphatic rings. The van der Waals surface area contributed by atoms with Crippen LogP contribution in [0.15, 0.2) is 0 Å². The van der Waals surface area contributed by atoms with E-state index >= 15 is 0 Å². The van der Waals surface area contributed by atoms with E-state index < -0.39 is 0 Å². The van der Waals surface area contributed by atoms with Crippen LogP contribution in [0.1, 0.15) is 66.7 Å². The van der Waals surface area contributed by atoms with Crippen molar-refractivity contribution in [3.63, 3.8) is 0 Å². The Balaban J connectivity index is 2.57. The van der Waals surface area contributed by atoms with Crippen LogP contribution in [0.25, 0.3) is 0 Å². The third-order valence-electron chi connectivity index (χ3n) is 4.94. The van der Waals surface area contributed by atoms with E-state index in [4.69, 9.17) is 0 Å². The van der Waals surface area contributed by atoms with Gasteiger partial charge in [-0.05, 0) is 49.5 Å². The van der Waals surface area contributed by atoms with Gasteiger partial charge in [-0.15, -0.1) is 0 Å². The maximum absolute atomic E-state index is 3.77. The van der Waals surface area contributed by atoms with Gasteiger partial charge in [0.15, 0.2) is 0 Å². The summed E-state index contributed by atoms with van der Waals surface area (Å²) in [6, 6.07) is 0.759. The van der Waals surface area contributed by atoms with Gasteiger partial charge >= 0.3 is 0 Å². The van der Waals surface area contributed by atoms with Crippen LogP contribution in [0.4, 0.5) is 0 Å². The van der Waals surface area contributed by atoms with Crippen molar-refractivity contribution in [2.45, 2.75) is 72.8 Å². The highest BCUT2D eigenvalue weighted by Crippen LogP contribution is 2.37. The Morgan fingerprint density at radius 3 is 2.35 bits per heavy atom. The molecule has 1 saturated carbocycles.